The van der Waals surface area contributed by atoms with Crippen molar-refractivity contribution in [2.75, 3.05) is 26.7 Å². The van der Waals surface area contributed by atoms with Gasteiger partial charge in [-0.25, -0.2) is 9.79 Å². The van der Waals surface area contributed by atoms with E-state index in [0.717, 1.165) is 6.42 Å². The Morgan fingerprint density at radius 2 is 1.84 bits per heavy atom. The van der Waals surface area contributed by atoms with E-state index in [2.05, 4.69) is 15.3 Å². The van der Waals surface area contributed by atoms with Gasteiger partial charge in [-0.15, -0.1) is 0 Å². The Hall–Kier alpha value is -4.45. The molecule has 8 N–H and O–H groups in total. The molecule has 3 heterocycles. The van der Waals surface area contributed by atoms with Crippen molar-refractivity contribution < 1.29 is 64.2 Å². The molecule has 16 nitrogen and oxygen atoms in total. The van der Waals surface area contributed by atoms with Gasteiger partial charge < -0.3 is 64.7 Å². The number of aliphatic hydroxyl groups is 5. The third-order valence-electron chi connectivity index (χ3n) is 9.15. The van der Waals surface area contributed by atoms with Gasteiger partial charge in [-0.3, -0.25) is 4.99 Å². The number of fused-ring (bicyclic) bond motifs is 1. The van der Waals surface area contributed by atoms with Crippen LogP contribution < -0.4 is 24.3 Å². The van der Waals surface area contributed by atoms with Crippen LogP contribution >= 0.6 is 0 Å². The number of carboxylic acid groups (broad SMARTS) is 1. The number of hydrogen-bond donors (Lipinski definition) is 8. The van der Waals surface area contributed by atoms with Crippen molar-refractivity contribution in [3.63, 3.8) is 0 Å². The minimum absolute atomic E-state index is 0.0618. The third kappa shape index (κ3) is 7.08. The van der Waals surface area contributed by atoms with Crippen LogP contribution in [-0.2, 0) is 9.53 Å². The van der Waals surface area contributed by atoms with E-state index in [-0.39, 0.29) is 47.9 Å². The highest BCUT2D eigenvalue weighted by molar-refractivity contribution is 5.97. The van der Waals surface area contributed by atoms with Crippen LogP contribution in [0.25, 0.3) is 5.76 Å². The van der Waals surface area contributed by atoms with Gasteiger partial charge in [-0.2, -0.15) is 0 Å². The van der Waals surface area contributed by atoms with Crippen molar-refractivity contribution in [3.8, 4) is 28.7 Å². The standard InChI is InChI=1S/C34H41N3O13/c1-35-11-12-46-20-7-5-18(6-8-20)22-13-21(38)25-23(47-22)14-24(28(26(25)39)50-33(44)9-3-2-4-10-33)48-32-27(40)29(41)34(45,30(49-32)31(42)43)15-19-16-36-17-37-19/h5-8,13-14,17,22,27,29-30,32,35,38-41,44-45H,2-4,9-12,15-16H2,1H3,(H,42,43). The second-order valence-corrected chi connectivity index (χ2v) is 12.7. The lowest BCUT2D eigenvalue weighted by atomic mass is 9.80. The third-order valence-corrected chi connectivity index (χ3v) is 9.15. The van der Waals surface area contributed by atoms with E-state index in [1.54, 1.807) is 24.3 Å². The molecule has 6 atom stereocenters. The monoisotopic (exact) mass is 699 g/mol. The predicted molar refractivity (Wildman–Crippen MR) is 176 cm³/mol. The number of nitrogens with zero attached hydrogens (tertiary/aromatic N) is 2. The summed E-state index contributed by atoms with van der Waals surface area (Å²) in [5.41, 5.74) is -1.80. The van der Waals surface area contributed by atoms with Gasteiger partial charge in [-0.1, -0.05) is 18.6 Å². The van der Waals surface area contributed by atoms with Gasteiger partial charge in [0.1, 0.15) is 59.7 Å². The van der Waals surface area contributed by atoms with E-state index in [4.69, 9.17) is 23.7 Å². The maximum atomic E-state index is 12.3. The first-order valence-corrected chi connectivity index (χ1v) is 16.4. The van der Waals surface area contributed by atoms with Gasteiger partial charge in [0.15, 0.2) is 17.6 Å². The van der Waals surface area contributed by atoms with E-state index >= 15 is 0 Å². The smallest absolute Gasteiger partial charge is 0.336 e. The molecule has 2 fully saturated rings. The van der Waals surface area contributed by atoms with Gasteiger partial charge in [-0.05, 0) is 37.6 Å². The van der Waals surface area contributed by atoms with Crippen molar-refractivity contribution in [1.82, 2.24) is 5.32 Å². The number of likely N-dealkylation sites (N-methyl/N-ethyl adjacent to an activating group) is 1. The van der Waals surface area contributed by atoms with E-state index < -0.39 is 66.0 Å². The van der Waals surface area contributed by atoms with E-state index in [0.29, 0.717) is 37.3 Å². The minimum Gasteiger partial charge on any atom is -0.507 e. The zero-order chi connectivity index (χ0) is 35.6. The lowest BCUT2D eigenvalue weighted by molar-refractivity contribution is -0.303. The Morgan fingerprint density at radius 3 is 2.50 bits per heavy atom. The Morgan fingerprint density at radius 1 is 1.10 bits per heavy atom. The highest BCUT2D eigenvalue weighted by Gasteiger charge is 2.59. The first-order valence-electron chi connectivity index (χ1n) is 16.4. The van der Waals surface area contributed by atoms with Crippen LogP contribution in [0, 0.1) is 0 Å². The molecule has 2 aromatic carbocycles. The SMILES string of the molecule is CNCCOc1ccc(C2C=C(O)c3c(cc(OC4OC(C(=O)O)C(O)(CC5=NC=NC5)C(O)C4O)c(OC4(O)CCCCC4)c3O)O2)cc1. The van der Waals surface area contributed by atoms with Crippen molar-refractivity contribution >= 4 is 23.8 Å². The number of aliphatic carboxylic acids is 1. The second-order valence-electron chi connectivity index (χ2n) is 12.7. The summed E-state index contributed by atoms with van der Waals surface area (Å²) in [6.07, 6.45) is -4.38. The summed E-state index contributed by atoms with van der Waals surface area (Å²) in [5, 5.41) is 80.6. The molecule has 1 saturated heterocycles. The quantitative estimate of drug-likeness (QED) is 0.116. The molecular weight excluding hydrogens is 658 g/mol. The first-order chi connectivity index (χ1) is 23.9. The summed E-state index contributed by atoms with van der Waals surface area (Å²) < 4.78 is 29.3. The number of ether oxygens (including phenoxy) is 5. The van der Waals surface area contributed by atoms with Crippen molar-refractivity contribution in [3.05, 3.63) is 47.5 Å². The van der Waals surface area contributed by atoms with E-state index in [1.807, 2.05) is 7.05 Å². The second kappa shape index (κ2) is 14.4. The van der Waals surface area contributed by atoms with Crippen LogP contribution in [0.2, 0.25) is 0 Å². The molecule has 6 unspecified atom stereocenters. The van der Waals surface area contributed by atoms with Crippen LogP contribution in [0.15, 0.2) is 46.4 Å². The Bertz CT molecular complexity index is 1660. The molecule has 0 radical (unpaired) electrons. The highest BCUT2D eigenvalue weighted by atomic mass is 16.7. The summed E-state index contributed by atoms with van der Waals surface area (Å²) in [7, 11) is 1.81. The number of nitrogens with one attached hydrogen (secondary N) is 1. The molecule has 4 aliphatic rings. The van der Waals surface area contributed by atoms with Gasteiger partial charge >= 0.3 is 5.97 Å². The Balaban J connectivity index is 1.33. The number of carbonyl (C=O) groups is 1. The molecule has 1 aliphatic carbocycles. The predicted octanol–water partition coefficient (Wildman–Crippen LogP) is 1.57. The van der Waals surface area contributed by atoms with Gasteiger partial charge in [0.2, 0.25) is 17.8 Å². The molecule has 270 valence electrons. The Labute approximate surface area is 286 Å². The summed E-state index contributed by atoms with van der Waals surface area (Å²) in [5.74, 6) is -4.73. The topological polar surface area (TPSA) is 242 Å². The van der Waals surface area contributed by atoms with Crippen LogP contribution in [0.1, 0.15) is 55.8 Å². The number of rotatable bonds is 12. The normalized spacial score (nSPS) is 28.5. The fourth-order valence-electron chi connectivity index (χ4n) is 6.48. The van der Waals surface area contributed by atoms with Crippen molar-refractivity contribution in [1.29, 1.82) is 0 Å². The summed E-state index contributed by atoms with van der Waals surface area (Å²) in [6.45, 7) is 1.17. The number of phenolic OH excluding ortho intramolecular Hbond substituents is 1. The lowest BCUT2D eigenvalue weighted by Crippen LogP contribution is -2.69. The molecule has 0 aromatic heterocycles. The maximum absolute atomic E-state index is 12.3. The summed E-state index contributed by atoms with van der Waals surface area (Å²) >= 11 is 0. The maximum Gasteiger partial charge on any atom is 0.336 e. The molecule has 0 bridgehead atoms. The number of aliphatic imine (C=N–C) groups is 2. The number of benzene rings is 2. The fraction of sp³-hybridized carbons (Fsp3) is 0.500. The summed E-state index contributed by atoms with van der Waals surface area (Å²) in [4.78, 5) is 20.2. The molecule has 0 amide bonds. The van der Waals surface area contributed by atoms with Gasteiger partial charge in [0, 0.05) is 43.7 Å². The van der Waals surface area contributed by atoms with Crippen LogP contribution in [0.5, 0.6) is 28.7 Å². The largest absolute Gasteiger partial charge is 0.507 e. The zero-order valence-corrected chi connectivity index (χ0v) is 27.3. The van der Waals surface area contributed by atoms with Crippen molar-refractivity contribution in [2.45, 2.75) is 80.6 Å². The highest BCUT2D eigenvalue weighted by Crippen LogP contribution is 2.52. The van der Waals surface area contributed by atoms with Gasteiger partial charge in [0.25, 0.3) is 0 Å². The average Bonchev–Trinajstić information content (AvgIpc) is 3.60. The van der Waals surface area contributed by atoms with Crippen LogP contribution in [0.4, 0.5) is 0 Å². The molecule has 6 rings (SSSR count). The average molecular weight is 700 g/mol. The zero-order valence-electron chi connectivity index (χ0n) is 27.3. The van der Waals surface area contributed by atoms with Crippen molar-refractivity contribution in [2.24, 2.45) is 9.98 Å². The fourth-order valence-corrected chi connectivity index (χ4v) is 6.48. The number of phenols is 1. The number of hydrogen-bond acceptors (Lipinski definition) is 15. The lowest BCUT2D eigenvalue weighted by Gasteiger charge is -2.46. The minimum atomic E-state index is -2.52. The molecular formula is C34H41N3O13. The summed E-state index contributed by atoms with van der Waals surface area (Å²) in [6, 6.07) is 8.19. The van der Waals surface area contributed by atoms with E-state index in [1.165, 1.54) is 18.5 Å². The molecule has 2 aromatic rings. The van der Waals surface area contributed by atoms with Gasteiger partial charge in [0.05, 0.1) is 6.54 Å². The van der Waals surface area contributed by atoms with Crippen LogP contribution in [0.3, 0.4) is 0 Å². The Kier molecular flexibility index (Phi) is 10.2. The molecule has 50 heavy (non-hydrogen) atoms. The molecule has 16 heteroatoms. The molecule has 3 aliphatic heterocycles. The molecule has 0 spiro atoms. The first kappa shape index (κ1) is 35.4. The number of aromatic hydroxyl groups is 1. The number of carboxylic acids is 1. The number of aliphatic hydroxyl groups excluding tert-OH is 3. The van der Waals surface area contributed by atoms with Crippen LogP contribution in [-0.4, -0.2) is 116 Å². The van der Waals surface area contributed by atoms with E-state index in [9.17, 15) is 40.5 Å². The molecule has 1 saturated carbocycles.